The molecule has 2 aromatic rings. The molecule has 2 heterocycles. The van der Waals surface area contributed by atoms with Crippen LogP contribution in [0.3, 0.4) is 0 Å². The summed E-state index contributed by atoms with van der Waals surface area (Å²) in [6, 6.07) is 10.4. The number of aromatic amines is 1. The third-order valence-electron chi connectivity index (χ3n) is 3.76. The topological polar surface area (TPSA) is 75.0 Å². The Hall–Kier alpha value is -2.14. The molecule has 5 heteroatoms. The van der Waals surface area contributed by atoms with E-state index >= 15 is 0 Å². The van der Waals surface area contributed by atoms with E-state index in [4.69, 9.17) is 5.73 Å². The predicted octanol–water partition coefficient (Wildman–Crippen LogP) is 0.953. The molecule has 0 aliphatic carbocycles. The molecule has 0 atom stereocenters. The zero-order valence-corrected chi connectivity index (χ0v) is 11.3. The van der Waals surface area contributed by atoms with Crippen LogP contribution in [-0.4, -0.2) is 28.0 Å². The van der Waals surface area contributed by atoms with E-state index in [0.717, 1.165) is 43.7 Å². The van der Waals surface area contributed by atoms with Crippen LogP contribution in [0.1, 0.15) is 16.8 Å². The Morgan fingerprint density at radius 1 is 1.20 bits per heavy atom. The van der Waals surface area contributed by atoms with Crippen LogP contribution in [0.25, 0.3) is 0 Å². The second-order valence-electron chi connectivity index (χ2n) is 5.15. The van der Waals surface area contributed by atoms with Gasteiger partial charge in [0, 0.05) is 37.3 Å². The van der Waals surface area contributed by atoms with Gasteiger partial charge >= 0.3 is 5.69 Å². The molecule has 0 saturated carbocycles. The summed E-state index contributed by atoms with van der Waals surface area (Å²) in [5.41, 5.74) is 8.76. The van der Waals surface area contributed by atoms with E-state index in [1.165, 1.54) is 5.56 Å². The lowest BCUT2D eigenvalue weighted by molar-refractivity contribution is 0.279. The summed E-state index contributed by atoms with van der Waals surface area (Å²) < 4.78 is 0. The quantitative estimate of drug-likeness (QED) is 0.852. The van der Waals surface area contributed by atoms with E-state index in [1.54, 1.807) is 0 Å². The number of hydrogen-bond acceptors (Lipinski definition) is 4. The second kappa shape index (κ2) is 5.46. The first-order valence-electron chi connectivity index (χ1n) is 6.86. The maximum Gasteiger partial charge on any atom is 0.347 e. The number of hydrogen-bond donors (Lipinski definition) is 2. The van der Waals surface area contributed by atoms with Gasteiger partial charge < -0.3 is 10.7 Å². The first-order chi connectivity index (χ1) is 9.72. The lowest BCUT2D eigenvalue weighted by Crippen LogP contribution is -2.25. The van der Waals surface area contributed by atoms with E-state index in [0.29, 0.717) is 5.82 Å². The van der Waals surface area contributed by atoms with Crippen molar-refractivity contribution in [3.8, 4) is 0 Å². The van der Waals surface area contributed by atoms with Gasteiger partial charge in [-0.1, -0.05) is 30.3 Å². The summed E-state index contributed by atoms with van der Waals surface area (Å²) in [7, 11) is 0. The fourth-order valence-corrected chi connectivity index (χ4v) is 2.71. The van der Waals surface area contributed by atoms with Crippen LogP contribution in [0.5, 0.6) is 0 Å². The molecule has 0 radical (unpaired) electrons. The number of H-pyrrole nitrogens is 1. The smallest absolute Gasteiger partial charge is 0.347 e. The zero-order valence-electron chi connectivity index (χ0n) is 11.3. The highest BCUT2D eigenvalue weighted by Gasteiger charge is 2.17. The molecule has 0 amide bonds. The SMILES string of the molecule is Nc1nc(=O)[nH]c2c1CCN(Cc1ccccc1)CC2. The molecular weight excluding hydrogens is 252 g/mol. The first kappa shape index (κ1) is 12.9. The molecule has 0 saturated heterocycles. The van der Waals surface area contributed by atoms with Gasteiger partial charge in [-0.2, -0.15) is 4.98 Å². The lowest BCUT2D eigenvalue weighted by atomic mass is 10.1. The molecule has 3 rings (SSSR count). The van der Waals surface area contributed by atoms with E-state index in [9.17, 15) is 4.79 Å². The van der Waals surface area contributed by atoms with Crippen LogP contribution in [0.2, 0.25) is 0 Å². The van der Waals surface area contributed by atoms with Gasteiger partial charge in [-0.05, 0) is 12.0 Å². The fourth-order valence-electron chi connectivity index (χ4n) is 2.71. The Morgan fingerprint density at radius 2 is 1.95 bits per heavy atom. The number of rotatable bonds is 2. The highest BCUT2D eigenvalue weighted by atomic mass is 16.1. The van der Waals surface area contributed by atoms with Gasteiger partial charge in [0.2, 0.25) is 0 Å². The highest BCUT2D eigenvalue weighted by molar-refractivity contribution is 5.42. The Morgan fingerprint density at radius 3 is 2.75 bits per heavy atom. The number of anilines is 1. The molecule has 1 aromatic heterocycles. The predicted molar refractivity (Wildman–Crippen MR) is 78.4 cm³/mol. The van der Waals surface area contributed by atoms with Crippen molar-refractivity contribution in [2.75, 3.05) is 18.8 Å². The van der Waals surface area contributed by atoms with Crippen molar-refractivity contribution in [2.45, 2.75) is 19.4 Å². The van der Waals surface area contributed by atoms with Gasteiger partial charge in [-0.25, -0.2) is 4.79 Å². The molecular formula is C15H18N4O. The number of aromatic nitrogens is 2. The summed E-state index contributed by atoms with van der Waals surface area (Å²) in [5, 5.41) is 0. The van der Waals surface area contributed by atoms with Crippen molar-refractivity contribution in [2.24, 2.45) is 0 Å². The minimum absolute atomic E-state index is 0.349. The average Bonchev–Trinajstić information content (AvgIpc) is 2.63. The molecule has 3 N–H and O–H groups in total. The zero-order chi connectivity index (χ0) is 13.9. The Kier molecular flexibility index (Phi) is 3.52. The Balaban J connectivity index is 1.76. The van der Waals surface area contributed by atoms with E-state index in [2.05, 4.69) is 39.1 Å². The molecule has 0 bridgehead atoms. The van der Waals surface area contributed by atoms with Gasteiger partial charge in [0.05, 0.1) is 0 Å². The molecule has 0 spiro atoms. The van der Waals surface area contributed by atoms with Crippen molar-refractivity contribution >= 4 is 5.82 Å². The Labute approximate surface area is 117 Å². The summed E-state index contributed by atoms with van der Waals surface area (Å²) in [6.07, 6.45) is 1.64. The number of benzene rings is 1. The lowest BCUT2D eigenvalue weighted by Gasteiger charge is -2.19. The number of nitrogens with one attached hydrogen (secondary N) is 1. The number of nitrogens with two attached hydrogens (primary N) is 1. The molecule has 0 fully saturated rings. The number of nitrogen functional groups attached to an aromatic ring is 1. The van der Waals surface area contributed by atoms with Crippen molar-refractivity contribution in [3.63, 3.8) is 0 Å². The van der Waals surface area contributed by atoms with Crippen molar-refractivity contribution in [1.29, 1.82) is 0 Å². The van der Waals surface area contributed by atoms with Gasteiger partial charge in [0.15, 0.2) is 0 Å². The van der Waals surface area contributed by atoms with Crippen LogP contribution in [0, 0.1) is 0 Å². The number of fused-ring (bicyclic) bond motifs is 1. The Bertz CT molecular complexity index is 651. The average molecular weight is 270 g/mol. The van der Waals surface area contributed by atoms with Crippen LogP contribution < -0.4 is 11.4 Å². The van der Waals surface area contributed by atoms with Gasteiger partial charge in [-0.3, -0.25) is 4.90 Å². The highest BCUT2D eigenvalue weighted by Crippen LogP contribution is 2.18. The molecule has 1 aromatic carbocycles. The molecule has 5 nitrogen and oxygen atoms in total. The molecule has 104 valence electrons. The minimum atomic E-state index is -0.349. The van der Waals surface area contributed by atoms with E-state index in [1.807, 2.05) is 6.07 Å². The molecule has 1 aliphatic heterocycles. The number of nitrogens with zero attached hydrogens (tertiary/aromatic N) is 2. The third-order valence-corrected chi connectivity index (χ3v) is 3.76. The van der Waals surface area contributed by atoms with Gasteiger partial charge in [0.25, 0.3) is 0 Å². The van der Waals surface area contributed by atoms with Crippen LogP contribution in [0.15, 0.2) is 35.1 Å². The minimum Gasteiger partial charge on any atom is -0.383 e. The van der Waals surface area contributed by atoms with Gasteiger partial charge in [-0.15, -0.1) is 0 Å². The molecule has 20 heavy (non-hydrogen) atoms. The van der Waals surface area contributed by atoms with Crippen LogP contribution >= 0.6 is 0 Å². The van der Waals surface area contributed by atoms with Crippen molar-refractivity contribution in [1.82, 2.24) is 14.9 Å². The van der Waals surface area contributed by atoms with E-state index in [-0.39, 0.29) is 5.69 Å². The summed E-state index contributed by atoms with van der Waals surface area (Å²) in [5.74, 6) is 0.380. The maximum absolute atomic E-state index is 11.4. The standard InChI is InChI=1S/C15H18N4O/c16-14-12-6-8-19(10-11-4-2-1-3-5-11)9-7-13(12)17-15(20)18-14/h1-5H,6-10H2,(H3,16,17,18,20). The van der Waals surface area contributed by atoms with Crippen LogP contribution in [0.4, 0.5) is 5.82 Å². The van der Waals surface area contributed by atoms with Crippen LogP contribution in [-0.2, 0) is 19.4 Å². The van der Waals surface area contributed by atoms with E-state index < -0.39 is 0 Å². The molecule has 0 unspecified atom stereocenters. The first-order valence-corrected chi connectivity index (χ1v) is 6.86. The van der Waals surface area contributed by atoms with Crippen molar-refractivity contribution < 1.29 is 0 Å². The largest absolute Gasteiger partial charge is 0.383 e. The molecule has 1 aliphatic rings. The second-order valence-corrected chi connectivity index (χ2v) is 5.15. The third kappa shape index (κ3) is 2.72. The van der Waals surface area contributed by atoms with Crippen molar-refractivity contribution in [3.05, 3.63) is 57.6 Å². The summed E-state index contributed by atoms with van der Waals surface area (Å²) in [4.78, 5) is 20.4. The monoisotopic (exact) mass is 270 g/mol. The van der Waals surface area contributed by atoms with Gasteiger partial charge in [0.1, 0.15) is 5.82 Å². The summed E-state index contributed by atoms with van der Waals surface area (Å²) in [6.45, 7) is 2.77. The normalized spacial score (nSPS) is 15.6. The summed E-state index contributed by atoms with van der Waals surface area (Å²) >= 11 is 0. The maximum atomic E-state index is 11.4. The fraction of sp³-hybridized carbons (Fsp3) is 0.333.